The minimum Gasteiger partial charge on any atom is -0.494 e. The molecule has 7 heteroatoms. The summed E-state index contributed by atoms with van der Waals surface area (Å²) in [6.07, 6.45) is 4.32. The zero-order valence-corrected chi connectivity index (χ0v) is 16.5. The highest BCUT2D eigenvalue weighted by Crippen LogP contribution is 2.29. The lowest BCUT2D eigenvalue weighted by Crippen LogP contribution is -2.07. The number of aromatic nitrogens is 3. The van der Waals surface area contributed by atoms with E-state index in [9.17, 15) is 5.26 Å². The summed E-state index contributed by atoms with van der Waals surface area (Å²) in [5.74, 6) is 2.34. The van der Waals surface area contributed by atoms with Gasteiger partial charge >= 0.3 is 0 Å². The van der Waals surface area contributed by atoms with Crippen LogP contribution in [0.3, 0.4) is 0 Å². The van der Waals surface area contributed by atoms with Gasteiger partial charge in [-0.2, -0.15) is 10.2 Å². The second-order valence-electron chi connectivity index (χ2n) is 6.52. The minimum atomic E-state index is 0.477. The van der Waals surface area contributed by atoms with Crippen LogP contribution in [0.15, 0.2) is 39.9 Å². The summed E-state index contributed by atoms with van der Waals surface area (Å²) >= 11 is 1.47. The molecule has 1 aromatic carbocycles. The highest BCUT2D eigenvalue weighted by Gasteiger charge is 2.17. The van der Waals surface area contributed by atoms with Gasteiger partial charge in [0.15, 0.2) is 0 Å². The molecule has 0 fully saturated rings. The summed E-state index contributed by atoms with van der Waals surface area (Å²) in [6.45, 7) is 2.58. The Hall–Kier alpha value is -2.85. The third kappa shape index (κ3) is 4.02. The molecular formula is C21H20N4O2S. The summed E-state index contributed by atoms with van der Waals surface area (Å²) in [5, 5.41) is 14.3. The Kier molecular flexibility index (Phi) is 5.58. The molecule has 0 atom stereocenters. The van der Waals surface area contributed by atoms with Crippen LogP contribution in [-0.4, -0.2) is 21.7 Å². The van der Waals surface area contributed by atoms with E-state index in [4.69, 9.17) is 14.2 Å². The first kappa shape index (κ1) is 18.5. The van der Waals surface area contributed by atoms with Gasteiger partial charge in [-0.1, -0.05) is 16.9 Å². The van der Waals surface area contributed by atoms with E-state index in [-0.39, 0.29) is 0 Å². The van der Waals surface area contributed by atoms with Crippen molar-refractivity contribution in [2.75, 3.05) is 6.61 Å². The summed E-state index contributed by atoms with van der Waals surface area (Å²) in [5.41, 5.74) is 3.82. The van der Waals surface area contributed by atoms with Gasteiger partial charge in [0.1, 0.15) is 16.8 Å². The lowest BCUT2D eigenvalue weighted by atomic mass is 9.95. The first-order valence-corrected chi connectivity index (χ1v) is 10.4. The topological polar surface area (TPSA) is 84.8 Å². The van der Waals surface area contributed by atoms with Crippen molar-refractivity contribution in [2.24, 2.45) is 0 Å². The van der Waals surface area contributed by atoms with Crippen molar-refractivity contribution in [3.63, 3.8) is 0 Å². The van der Waals surface area contributed by atoms with Crippen LogP contribution in [0.1, 0.15) is 42.5 Å². The quantitative estimate of drug-likeness (QED) is 0.568. The van der Waals surface area contributed by atoms with Crippen molar-refractivity contribution in [3.05, 3.63) is 53.0 Å². The molecular weight excluding hydrogens is 372 g/mol. The van der Waals surface area contributed by atoms with E-state index in [1.807, 2.05) is 37.3 Å². The van der Waals surface area contributed by atoms with E-state index in [1.54, 1.807) is 0 Å². The van der Waals surface area contributed by atoms with Crippen LogP contribution in [0, 0.1) is 11.3 Å². The molecule has 0 radical (unpaired) electrons. The maximum Gasteiger partial charge on any atom is 0.237 e. The van der Waals surface area contributed by atoms with Crippen molar-refractivity contribution in [3.8, 4) is 23.2 Å². The molecule has 0 saturated heterocycles. The summed E-state index contributed by atoms with van der Waals surface area (Å²) in [4.78, 5) is 9.19. The molecule has 2 aromatic heterocycles. The molecule has 0 saturated carbocycles. The lowest BCUT2D eigenvalue weighted by molar-refractivity contribution is 0.340. The molecule has 2 heterocycles. The fourth-order valence-corrected chi connectivity index (χ4v) is 4.04. The number of nitriles is 1. The van der Waals surface area contributed by atoms with E-state index in [0.717, 1.165) is 41.3 Å². The number of pyridine rings is 1. The predicted molar refractivity (Wildman–Crippen MR) is 106 cm³/mol. The third-order valence-corrected chi connectivity index (χ3v) is 5.59. The van der Waals surface area contributed by atoms with E-state index in [1.165, 1.54) is 23.7 Å². The molecule has 0 unspecified atom stereocenters. The van der Waals surface area contributed by atoms with Crippen LogP contribution in [0.5, 0.6) is 5.75 Å². The van der Waals surface area contributed by atoms with E-state index >= 15 is 0 Å². The number of nitrogens with zero attached hydrogens (tertiary/aromatic N) is 4. The zero-order chi connectivity index (χ0) is 19.3. The van der Waals surface area contributed by atoms with Crippen LogP contribution in [0.25, 0.3) is 11.4 Å². The molecule has 0 spiro atoms. The highest BCUT2D eigenvalue weighted by atomic mass is 32.2. The van der Waals surface area contributed by atoms with Gasteiger partial charge < -0.3 is 9.26 Å². The number of fused-ring (bicyclic) bond motifs is 1. The number of ether oxygens (including phenoxy) is 1. The Labute approximate surface area is 167 Å². The van der Waals surface area contributed by atoms with Crippen molar-refractivity contribution in [1.82, 2.24) is 15.1 Å². The number of thioether (sulfide) groups is 1. The Morgan fingerprint density at radius 2 is 2.00 bits per heavy atom. The number of hydrogen-bond donors (Lipinski definition) is 0. The summed E-state index contributed by atoms with van der Waals surface area (Å²) in [7, 11) is 0. The molecule has 0 bridgehead atoms. The third-order valence-electron chi connectivity index (χ3n) is 4.61. The molecule has 142 valence electrons. The Balaban J connectivity index is 1.47. The Morgan fingerprint density at radius 3 is 2.79 bits per heavy atom. The van der Waals surface area contributed by atoms with Gasteiger partial charge in [0.2, 0.25) is 11.7 Å². The van der Waals surface area contributed by atoms with Gasteiger partial charge in [-0.3, -0.25) is 0 Å². The summed E-state index contributed by atoms with van der Waals surface area (Å²) < 4.78 is 10.8. The van der Waals surface area contributed by atoms with Gasteiger partial charge in [-0.05, 0) is 68.5 Å². The number of hydrogen-bond acceptors (Lipinski definition) is 7. The van der Waals surface area contributed by atoms with Crippen molar-refractivity contribution >= 4 is 11.8 Å². The van der Waals surface area contributed by atoms with Crippen LogP contribution in [-0.2, 0) is 18.6 Å². The van der Waals surface area contributed by atoms with Crippen molar-refractivity contribution < 1.29 is 9.26 Å². The smallest absolute Gasteiger partial charge is 0.237 e. The van der Waals surface area contributed by atoms with Crippen molar-refractivity contribution in [2.45, 2.75) is 43.4 Å². The molecule has 6 nitrogen and oxygen atoms in total. The summed E-state index contributed by atoms with van der Waals surface area (Å²) in [6, 6.07) is 11.8. The highest BCUT2D eigenvalue weighted by molar-refractivity contribution is 7.98. The first-order chi connectivity index (χ1) is 13.8. The fourth-order valence-electron chi connectivity index (χ4n) is 3.23. The predicted octanol–water partition coefficient (Wildman–Crippen LogP) is 4.57. The molecule has 1 aliphatic carbocycles. The normalized spacial score (nSPS) is 13.0. The van der Waals surface area contributed by atoms with Crippen LogP contribution in [0.4, 0.5) is 0 Å². The average Bonchev–Trinajstić information content (AvgIpc) is 3.21. The van der Waals surface area contributed by atoms with Crippen LogP contribution in [0.2, 0.25) is 0 Å². The largest absolute Gasteiger partial charge is 0.494 e. The molecule has 0 amide bonds. The standard InChI is InChI=1S/C21H20N4O2S/c1-2-26-17-9-7-14(8-10-17)20-24-19(27-25-20)13-28-21-16(12-22)11-15-5-3-4-6-18(15)23-21/h7-11H,2-6,13H2,1H3. The molecule has 0 aliphatic heterocycles. The second-order valence-corrected chi connectivity index (χ2v) is 7.49. The van der Waals surface area contributed by atoms with Gasteiger partial charge in [-0.25, -0.2) is 4.98 Å². The van der Waals surface area contributed by atoms with Gasteiger partial charge in [-0.15, -0.1) is 0 Å². The van der Waals surface area contributed by atoms with E-state index in [0.29, 0.717) is 29.6 Å². The Morgan fingerprint density at radius 1 is 1.18 bits per heavy atom. The lowest BCUT2D eigenvalue weighted by Gasteiger charge is -2.16. The van der Waals surface area contributed by atoms with E-state index in [2.05, 4.69) is 16.2 Å². The SMILES string of the molecule is CCOc1ccc(-c2noc(CSc3nc4c(cc3C#N)CCCC4)n2)cc1. The number of aryl methyl sites for hydroxylation is 2. The van der Waals surface area contributed by atoms with Gasteiger partial charge in [0, 0.05) is 11.3 Å². The molecule has 0 N–H and O–H groups in total. The maximum absolute atomic E-state index is 9.47. The fraction of sp³-hybridized carbons (Fsp3) is 0.333. The van der Waals surface area contributed by atoms with Crippen LogP contribution >= 0.6 is 11.8 Å². The number of rotatable bonds is 6. The second kappa shape index (κ2) is 8.44. The average molecular weight is 392 g/mol. The molecule has 3 aromatic rings. The monoisotopic (exact) mass is 392 g/mol. The van der Waals surface area contributed by atoms with Gasteiger partial charge in [0.25, 0.3) is 0 Å². The van der Waals surface area contributed by atoms with Crippen molar-refractivity contribution in [1.29, 1.82) is 5.26 Å². The first-order valence-electron chi connectivity index (χ1n) is 9.38. The number of benzene rings is 1. The minimum absolute atomic E-state index is 0.477. The maximum atomic E-state index is 9.47. The van der Waals surface area contributed by atoms with Crippen LogP contribution < -0.4 is 4.74 Å². The zero-order valence-electron chi connectivity index (χ0n) is 15.6. The Bertz CT molecular complexity index is 1010. The molecule has 28 heavy (non-hydrogen) atoms. The molecule has 4 rings (SSSR count). The molecule has 1 aliphatic rings. The van der Waals surface area contributed by atoms with E-state index < -0.39 is 0 Å². The van der Waals surface area contributed by atoms with Gasteiger partial charge in [0.05, 0.1) is 17.9 Å².